The second-order valence-electron chi connectivity index (χ2n) is 3.08. The Morgan fingerprint density at radius 3 is 2.00 bits per heavy atom. The number of carbonyl (C=O) groups excluding carboxylic acids is 3. The zero-order chi connectivity index (χ0) is 14.1. The van der Waals surface area contributed by atoms with Crippen LogP contribution in [0.2, 0.25) is 0 Å². The molecule has 9 nitrogen and oxygen atoms in total. The molecule has 11 heteroatoms. The van der Waals surface area contributed by atoms with Gasteiger partial charge in [-0.25, -0.2) is 0 Å². The molecule has 0 atom stereocenters. The number of hydrogen-bond acceptors (Lipinski definition) is 4. The van der Waals surface area contributed by atoms with E-state index in [0.29, 0.717) is 0 Å². The smallest absolute Gasteiger partial charge is 0.253 e. The predicted molar refractivity (Wildman–Crippen MR) is 66.1 cm³/mol. The first kappa shape index (κ1) is 28.5. The summed E-state index contributed by atoms with van der Waals surface area (Å²) in [5.41, 5.74) is 6.71. The van der Waals surface area contributed by atoms with E-state index >= 15 is 0 Å². The van der Waals surface area contributed by atoms with Gasteiger partial charge in [0.15, 0.2) is 5.97 Å². The minimum Gasteiger partial charge on any atom is -0.693 e. The van der Waals surface area contributed by atoms with Crippen molar-refractivity contribution in [3.8, 4) is 0 Å². The van der Waals surface area contributed by atoms with Crippen molar-refractivity contribution >= 4 is 23.7 Å². The van der Waals surface area contributed by atoms with Crippen LogP contribution in [-0.2, 0) is 73.0 Å². The first-order valence-electron chi connectivity index (χ1n) is 4.88. The molecule has 117 valence electrons. The number of carbonyl (C=O) groups is 4. The van der Waals surface area contributed by atoms with Gasteiger partial charge in [0.1, 0.15) is 0 Å². The number of nitrogens with two attached hydrogens (primary N) is 1. The maximum Gasteiger partial charge on any atom is 0.253 e. The molecule has 1 radical (unpaired) electrons. The van der Waals surface area contributed by atoms with Gasteiger partial charge >= 0.3 is 0 Å². The zero-order valence-corrected chi connectivity index (χ0v) is 16.8. The molecule has 0 aromatic rings. The Balaban J connectivity index is -0.000000185. The number of rotatable bonds is 4. The summed E-state index contributed by atoms with van der Waals surface area (Å²) in [5, 5.41) is 9.56. The van der Waals surface area contributed by atoms with Crippen molar-refractivity contribution in [2.75, 3.05) is 13.2 Å². The Labute approximate surface area is 161 Å². The fourth-order valence-electron chi connectivity index (χ4n) is 1.05. The molecular formula is C10H15N4O5WY-3. The van der Waals surface area contributed by atoms with Crippen molar-refractivity contribution in [2.45, 2.75) is 6.42 Å². The SMILES string of the molecule is [CH2-]C(=O)O.[NH-]CNC(=O)CCN1C(=O)C=CC1=O.[NH2-].[W].[Y]. The third-order valence-electron chi connectivity index (χ3n) is 1.75. The van der Waals surface area contributed by atoms with Gasteiger partial charge in [-0.1, -0.05) is 6.67 Å². The molecule has 0 saturated carbocycles. The van der Waals surface area contributed by atoms with E-state index in [4.69, 9.17) is 15.6 Å². The number of carboxylic acid groups (broad SMARTS) is 1. The van der Waals surface area contributed by atoms with Gasteiger partial charge in [0.2, 0.25) is 5.91 Å². The normalized spacial score (nSPS) is 11.2. The van der Waals surface area contributed by atoms with Gasteiger partial charge in [-0.15, -0.1) is 0 Å². The summed E-state index contributed by atoms with van der Waals surface area (Å²) in [6.45, 7) is 2.43. The molecule has 1 heterocycles. The standard InChI is InChI=1S/C8H10N3O3.C2H3O2.H2N.W.Y/c9-5-10-6(12)3-4-11-7(13)1-2-8(11)14;1-2(3)4;;;/h1-2,9H,3-5H2,(H,10,12);1H2,(H,3,4);1H2;;/q3*-1;;. The minimum absolute atomic E-state index is 0. The van der Waals surface area contributed by atoms with Gasteiger partial charge in [-0.05, 0) is 0 Å². The van der Waals surface area contributed by atoms with Crippen LogP contribution >= 0.6 is 0 Å². The fourth-order valence-corrected chi connectivity index (χ4v) is 1.05. The van der Waals surface area contributed by atoms with Crippen molar-refractivity contribution in [3.05, 3.63) is 31.0 Å². The van der Waals surface area contributed by atoms with Crippen molar-refractivity contribution < 1.29 is 78.1 Å². The van der Waals surface area contributed by atoms with Crippen molar-refractivity contribution in [2.24, 2.45) is 0 Å². The molecule has 1 rings (SSSR count). The number of hydrogen-bond donors (Lipinski definition) is 2. The monoisotopic (exact) mass is 544 g/mol. The van der Waals surface area contributed by atoms with Crippen LogP contribution in [0.4, 0.5) is 0 Å². The van der Waals surface area contributed by atoms with Crippen LogP contribution in [0.1, 0.15) is 6.42 Å². The van der Waals surface area contributed by atoms with Gasteiger partial charge in [0.05, 0.1) is 0 Å². The van der Waals surface area contributed by atoms with Gasteiger partial charge in [0.25, 0.3) is 11.8 Å². The van der Waals surface area contributed by atoms with E-state index in [1.807, 2.05) is 0 Å². The van der Waals surface area contributed by atoms with Crippen LogP contribution in [0, 0.1) is 6.92 Å². The number of carboxylic acids is 1. The molecule has 0 fully saturated rings. The Morgan fingerprint density at radius 2 is 1.67 bits per heavy atom. The summed E-state index contributed by atoms with van der Waals surface area (Å²) >= 11 is 0. The van der Waals surface area contributed by atoms with Crippen molar-refractivity contribution in [3.63, 3.8) is 0 Å². The van der Waals surface area contributed by atoms with E-state index in [2.05, 4.69) is 12.2 Å². The van der Waals surface area contributed by atoms with Crippen molar-refractivity contribution in [1.82, 2.24) is 10.2 Å². The van der Waals surface area contributed by atoms with Gasteiger partial charge in [-0.3, -0.25) is 31.0 Å². The van der Waals surface area contributed by atoms with E-state index in [1.54, 1.807) is 0 Å². The molecule has 0 aliphatic carbocycles. The number of imide groups is 1. The summed E-state index contributed by atoms with van der Waals surface area (Å²) in [6, 6.07) is 0. The molecule has 1 aliphatic rings. The molecule has 0 saturated heterocycles. The van der Waals surface area contributed by atoms with E-state index < -0.39 is 17.8 Å². The second-order valence-corrected chi connectivity index (χ2v) is 3.08. The molecule has 0 unspecified atom stereocenters. The summed E-state index contributed by atoms with van der Waals surface area (Å²) in [7, 11) is 0. The average molecular weight is 544 g/mol. The zero-order valence-electron chi connectivity index (χ0n) is 11.1. The van der Waals surface area contributed by atoms with Crippen LogP contribution in [-0.4, -0.2) is 46.9 Å². The molecule has 0 spiro atoms. The van der Waals surface area contributed by atoms with Gasteiger partial charge in [-0.2, -0.15) is 0 Å². The number of nitrogens with one attached hydrogen (secondary N) is 2. The molecule has 0 bridgehead atoms. The van der Waals surface area contributed by atoms with Crippen LogP contribution in [0.3, 0.4) is 0 Å². The molecule has 0 aromatic carbocycles. The summed E-state index contributed by atoms with van der Waals surface area (Å²) in [4.78, 5) is 42.8. The van der Waals surface area contributed by atoms with Crippen LogP contribution in [0.5, 0.6) is 0 Å². The fraction of sp³-hybridized carbons (Fsp3) is 0.300. The third-order valence-corrected chi connectivity index (χ3v) is 1.75. The molecular weight excluding hydrogens is 529 g/mol. The Hall–Kier alpha value is -0.598. The molecule has 5 N–H and O–H groups in total. The Bertz CT molecular complexity index is 370. The first-order chi connectivity index (χ1) is 8.38. The second kappa shape index (κ2) is 15.8. The maximum atomic E-state index is 11.0. The summed E-state index contributed by atoms with van der Waals surface area (Å²) < 4.78 is 0. The van der Waals surface area contributed by atoms with Crippen molar-refractivity contribution in [1.29, 1.82) is 0 Å². The summed E-state index contributed by atoms with van der Waals surface area (Å²) in [5.74, 6) is -2.21. The molecule has 1 aliphatic heterocycles. The largest absolute Gasteiger partial charge is 0.693 e. The average Bonchev–Trinajstić information content (AvgIpc) is 2.56. The van der Waals surface area contributed by atoms with E-state index in [9.17, 15) is 14.4 Å². The van der Waals surface area contributed by atoms with Crippen LogP contribution in [0.25, 0.3) is 11.9 Å². The number of nitrogens with zero attached hydrogens (tertiary/aromatic N) is 1. The Kier molecular flexibility index (Phi) is 21.5. The molecule has 0 aromatic heterocycles. The predicted octanol–water partition coefficient (Wildman–Crippen LogP) is 0.0446. The number of amides is 3. The van der Waals surface area contributed by atoms with Crippen LogP contribution < -0.4 is 5.32 Å². The van der Waals surface area contributed by atoms with Gasteiger partial charge in [0, 0.05) is 78.9 Å². The van der Waals surface area contributed by atoms with E-state index in [0.717, 1.165) is 4.90 Å². The minimum atomic E-state index is -1.08. The quantitative estimate of drug-likeness (QED) is 0.377. The van der Waals surface area contributed by atoms with Crippen LogP contribution in [0.15, 0.2) is 12.2 Å². The van der Waals surface area contributed by atoms with Gasteiger partial charge < -0.3 is 22.3 Å². The molecule has 21 heavy (non-hydrogen) atoms. The first-order valence-corrected chi connectivity index (χ1v) is 4.88. The van der Waals surface area contributed by atoms with E-state index in [-0.39, 0.29) is 85.5 Å². The summed E-state index contributed by atoms with van der Waals surface area (Å²) in [6.07, 6.45) is 2.38. The maximum absolute atomic E-state index is 11.0. The topological polar surface area (TPSA) is 161 Å². The molecule has 3 amide bonds. The number of aliphatic carboxylic acids is 1. The third kappa shape index (κ3) is 14.1. The Morgan fingerprint density at radius 1 is 1.29 bits per heavy atom. The van der Waals surface area contributed by atoms with E-state index in [1.165, 1.54) is 12.2 Å².